The Hall–Kier alpha value is -1.12. The Labute approximate surface area is 65.7 Å². The summed E-state index contributed by atoms with van der Waals surface area (Å²) in [5.41, 5.74) is 0.315. The monoisotopic (exact) mass is 157 g/mol. The molecule has 1 rings (SSSR count). The topological polar surface area (TPSA) is 33.1 Å². The average Bonchev–Trinajstić information content (AvgIpc) is 2.04. The van der Waals surface area contributed by atoms with Gasteiger partial charge < -0.3 is 5.11 Å². The maximum absolute atomic E-state index is 12.3. The fourth-order valence-corrected chi connectivity index (χ4v) is 0.527. The summed E-state index contributed by atoms with van der Waals surface area (Å²) in [6.07, 6.45) is 1.31. The third-order valence-corrected chi connectivity index (χ3v) is 1.06. The van der Waals surface area contributed by atoms with Gasteiger partial charge in [0.1, 0.15) is 0 Å². The van der Waals surface area contributed by atoms with Crippen molar-refractivity contribution in [3.63, 3.8) is 0 Å². The fourth-order valence-electron chi connectivity index (χ4n) is 0.527. The van der Waals surface area contributed by atoms with E-state index in [4.69, 9.17) is 5.11 Å². The molecule has 1 aromatic rings. The van der Waals surface area contributed by atoms with Gasteiger partial charge in [0.05, 0.1) is 5.69 Å². The van der Waals surface area contributed by atoms with Crippen molar-refractivity contribution in [2.45, 2.75) is 20.8 Å². The Kier molecular flexibility index (Phi) is 4.18. The average molecular weight is 157 g/mol. The highest BCUT2D eigenvalue weighted by atomic mass is 19.1. The number of nitrogens with zero attached hydrogens (tertiary/aromatic N) is 1. The lowest BCUT2D eigenvalue weighted by atomic mass is 10.3. The highest BCUT2D eigenvalue weighted by Gasteiger charge is 2.00. The molecule has 1 heterocycles. The number of pyridine rings is 1. The molecular weight excluding hydrogens is 145 g/mol. The van der Waals surface area contributed by atoms with Crippen LogP contribution in [0.1, 0.15) is 19.5 Å². The van der Waals surface area contributed by atoms with Crippen LogP contribution >= 0.6 is 0 Å². The summed E-state index contributed by atoms with van der Waals surface area (Å²) in [5, 5.41) is 8.77. The van der Waals surface area contributed by atoms with Crippen molar-refractivity contribution in [1.29, 1.82) is 0 Å². The molecule has 3 heteroatoms. The Balaban J connectivity index is 0.000000461. The molecule has 0 radical (unpaired) electrons. The molecular formula is C8H12FNO. The second kappa shape index (κ2) is 4.66. The van der Waals surface area contributed by atoms with Gasteiger partial charge in [0, 0.05) is 6.20 Å². The Bertz CT molecular complexity index is 205. The summed E-state index contributed by atoms with van der Waals surface area (Å²) in [6, 6.07) is 1.11. The first kappa shape index (κ1) is 9.88. The van der Waals surface area contributed by atoms with Crippen LogP contribution in [0.5, 0.6) is 5.75 Å². The third kappa shape index (κ3) is 2.53. The standard InChI is InChI=1S/C6H6FNO.C2H6/c1-4-6(9)5(7)2-3-8-4;1-2/h2-3,9H,1H3;1-2H3. The van der Waals surface area contributed by atoms with Crippen molar-refractivity contribution in [2.24, 2.45) is 0 Å². The Morgan fingerprint density at radius 1 is 1.45 bits per heavy atom. The van der Waals surface area contributed by atoms with Crippen LogP contribution in [0.3, 0.4) is 0 Å². The maximum Gasteiger partial charge on any atom is 0.172 e. The van der Waals surface area contributed by atoms with Crippen LogP contribution in [0, 0.1) is 12.7 Å². The lowest BCUT2D eigenvalue weighted by Crippen LogP contribution is -1.83. The SMILES string of the molecule is CC.Cc1nccc(F)c1O. The zero-order valence-corrected chi connectivity index (χ0v) is 6.93. The molecule has 0 unspecified atom stereocenters. The summed E-state index contributed by atoms with van der Waals surface area (Å²) in [7, 11) is 0. The molecule has 0 aliphatic carbocycles. The molecule has 0 aromatic carbocycles. The van der Waals surface area contributed by atoms with Gasteiger partial charge in [-0.2, -0.15) is 0 Å². The molecule has 0 saturated heterocycles. The molecule has 0 bridgehead atoms. The van der Waals surface area contributed by atoms with Gasteiger partial charge >= 0.3 is 0 Å². The molecule has 0 aliphatic heterocycles. The van der Waals surface area contributed by atoms with Crippen LogP contribution in [-0.2, 0) is 0 Å². The largest absolute Gasteiger partial charge is 0.504 e. The van der Waals surface area contributed by atoms with E-state index in [9.17, 15) is 4.39 Å². The quantitative estimate of drug-likeness (QED) is 0.626. The van der Waals surface area contributed by atoms with E-state index >= 15 is 0 Å². The van der Waals surface area contributed by atoms with Crippen LogP contribution in [0.25, 0.3) is 0 Å². The van der Waals surface area contributed by atoms with Gasteiger partial charge in [-0.15, -0.1) is 0 Å². The molecule has 0 amide bonds. The van der Waals surface area contributed by atoms with E-state index < -0.39 is 5.82 Å². The van der Waals surface area contributed by atoms with E-state index in [1.807, 2.05) is 13.8 Å². The molecule has 62 valence electrons. The fraction of sp³-hybridized carbons (Fsp3) is 0.375. The zero-order valence-electron chi connectivity index (χ0n) is 6.93. The van der Waals surface area contributed by atoms with Gasteiger partial charge in [-0.1, -0.05) is 13.8 Å². The minimum atomic E-state index is -0.623. The molecule has 0 atom stereocenters. The van der Waals surface area contributed by atoms with Crippen molar-refractivity contribution < 1.29 is 9.50 Å². The first-order chi connectivity index (χ1) is 5.22. The summed E-state index contributed by atoms with van der Waals surface area (Å²) >= 11 is 0. The lowest BCUT2D eigenvalue weighted by molar-refractivity contribution is 0.425. The molecule has 0 saturated carbocycles. The Morgan fingerprint density at radius 2 is 2.00 bits per heavy atom. The van der Waals surface area contributed by atoms with Crippen molar-refractivity contribution in [1.82, 2.24) is 4.98 Å². The minimum absolute atomic E-state index is 0.315. The van der Waals surface area contributed by atoms with E-state index in [-0.39, 0.29) is 5.75 Å². The third-order valence-electron chi connectivity index (χ3n) is 1.06. The van der Waals surface area contributed by atoms with E-state index in [0.717, 1.165) is 6.07 Å². The smallest absolute Gasteiger partial charge is 0.172 e. The van der Waals surface area contributed by atoms with E-state index in [1.54, 1.807) is 6.92 Å². The summed E-state index contributed by atoms with van der Waals surface area (Å²) in [5.74, 6) is -0.986. The molecule has 2 nitrogen and oxygen atoms in total. The predicted octanol–water partition coefficient (Wildman–Crippen LogP) is 2.26. The van der Waals surface area contributed by atoms with Gasteiger partial charge in [-0.25, -0.2) is 4.39 Å². The Morgan fingerprint density at radius 3 is 2.36 bits per heavy atom. The van der Waals surface area contributed by atoms with Crippen molar-refractivity contribution in [3.8, 4) is 5.75 Å². The van der Waals surface area contributed by atoms with Gasteiger partial charge in [0.15, 0.2) is 11.6 Å². The van der Waals surface area contributed by atoms with Crippen LogP contribution in [0.2, 0.25) is 0 Å². The number of halogens is 1. The van der Waals surface area contributed by atoms with E-state index in [2.05, 4.69) is 4.98 Å². The molecule has 0 spiro atoms. The number of hydrogen-bond acceptors (Lipinski definition) is 2. The van der Waals surface area contributed by atoms with Gasteiger partial charge in [-0.05, 0) is 13.0 Å². The van der Waals surface area contributed by atoms with Crippen LogP contribution in [0.4, 0.5) is 4.39 Å². The van der Waals surface area contributed by atoms with Crippen molar-refractivity contribution in [2.75, 3.05) is 0 Å². The normalized spacial score (nSPS) is 8.36. The first-order valence-corrected chi connectivity index (χ1v) is 3.52. The second-order valence-electron chi connectivity index (χ2n) is 1.73. The van der Waals surface area contributed by atoms with Crippen molar-refractivity contribution >= 4 is 0 Å². The van der Waals surface area contributed by atoms with Crippen LogP contribution < -0.4 is 0 Å². The number of aromatic nitrogens is 1. The number of aryl methyl sites for hydroxylation is 1. The molecule has 1 aromatic heterocycles. The van der Waals surface area contributed by atoms with Crippen molar-refractivity contribution in [3.05, 3.63) is 23.8 Å². The first-order valence-electron chi connectivity index (χ1n) is 3.52. The van der Waals surface area contributed by atoms with E-state index in [0.29, 0.717) is 5.69 Å². The summed E-state index contributed by atoms with van der Waals surface area (Å²) in [4.78, 5) is 3.65. The number of rotatable bonds is 0. The summed E-state index contributed by atoms with van der Waals surface area (Å²) < 4.78 is 12.3. The molecule has 0 fully saturated rings. The highest BCUT2D eigenvalue weighted by Crippen LogP contribution is 2.15. The molecule has 0 aliphatic rings. The van der Waals surface area contributed by atoms with Gasteiger partial charge in [-0.3, -0.25) is 4.98 Å². The predicted molar refractivity (Wildman–Crippen MR) is 41.9 cm³/mol. The van der Waals surface area contributed by atoms with Gasteiger partial charge in [0.2, 0.25) is 0 Å². The number of hydrogen-bond donors (Lipinski definition) is 1. The van der Waals surface area contributed by atoms with Crippen LogP contribution in [0.15, 0.2) is 12.3 Å². The highest BCUT2D eigenvalue weighted by molar-refractivity contribution is 5.25. The molecule has 1 N–H and O–H groups in total. The van der Waals surface area contributed by atoms with E-state index in [1.165, 1.54) is 6.20 Å². The van der Waals surface area contributed by atoms with Crippen LogP contribution in [-0.4, -0.2) is 10.1 Å². The minimum Gasteiger partial charge on any atom is -0.504 e. The second-order valence-corrected chi connectivity index (χ2v) is 1.73. The zero-order chi connectivity index (χ0) is 8.85. The maximum atomic E-state index is 12.3. The summed E-state index contributed by atoms with van der Waals surface area (Å²) in [6.45, 7) is 5.54. The number of aromatic hydroxyl groups is 1. The lowest BCUT2D eigenvalue weighted by Gasteiger charge is -1.95. The molecule has 11 heavy (non-hydrogen) atoms. The van der Waals surface area contributed by atoms with Gasteiger partial charge in [0.25, 0.3) is 0 Å².